The Balaban J connectivity index is 1.69. The van der Waals surface area contributed by atoms with Crippen molar-refractivity contribution in [2.75, 3.05) is 17.5 Å². The summed E-state index contributed by atoms with van der Waals surface area (Å²) in [6.45, 7) is 3.53. The predicted molar refractivity (Wildman–Crippen MR) is 168 cm³/mol. The Hall–Kier alpha value is -3.08. The minimum absolute atomic E-state index is 0.0285. The molecule has 2 amide bonds. The number of amides is 2. The highest BCUT2D eigenvalue weighted by atomic mass is 79.9. The van der Waals surface area contributed by atoms with Crippen molar-refractivity contribution in [1.82, 2.24) is 10.2 Å². The third-order valence-electron chi connectivity index (χ3n) is 7.23. The molecule has 0 aromatic heterocycles. The van der Waals surface area contributed by atoms with E-state index < -0.39 is 28.5 Å². The van der Waals surface area contributed by atoms with Crippen LogP contribution in [0, 0.1) is 0 Å². The van der Waals surface area contributed by atoms with Crippen molar-refractivity contribution in [3.8, 4) is 5.75 Å². The van der Waals surface area contributed by atoms with Crippen molar-refractivity contribution in [3.05, 3.63) is 87.9 Å². The van der Waals surface area contributed by atoms with Gasteiger partial charge in [-0.05, 0) is 92.9 Å². The number of benzene rings is 3. The molecule has 1 aliphatic rings. The number of carbonyl (C=O) groups excluding carboxylic acids is 2. The highest BCUT2D eigenvalue weighted by molar-refractivity contribution is 9.10. The molecule has 3 aromatic rings. The van der Waals surface area contributed by atoms with Gasteiger partial charge in [0.1, 0.15) is 18.3 Å². The third-order valence-corrected chi connectivity index (χ3v) is 9.78. The maximum atomic E-state index is 14.1. The standard InChI is InChI=1S/C31H35BrClN3O5S/c1-3-41-28-15-13-27(14-16-28)36(42(39,40)29-17-11-24(32)12-18-29)21-30(37)35(20-23-7-6-8-25(33)19-23)22(2)31(38)34-26-9-4-5-10-26/h6-8,11-19,22,26H,3-5,9-10,20-21H2,1-2H3,(H,34,38)/t22-/m0/s1. The zero-order valence-corrected chi connectivity index (χ0v) is 26.8. The molecular formula is C31H35BrClN3O5S. The van der Waals surface area contributed by atoms with E-state index >= 15 is 0 Å². The molecule has 4 rings (SSSR count). The lowest BCUT2D eigenvalue weighted by atomic mass is 10.1. The smallest absolute Gasteiger partial charge is 0.264 e. The lowest BCUT2D eigenvalue weighted by molar-refractivity contribution is -0.139. The summed E-state index contributed by atoms with van der Waals surface area (Å²) in [4.78, 5) is 28.8. The molecule has 0 unspecified atom stereocenters. The van der Waals surface area contributed by atoms with Gasteiger partial charge in [0, 0.05) is 22.1 Å². The van der Waals surface area contributed by atoms with E-state index in [4.69, 9.17) is 16.3 Å². The molecule has 0 aliphatic heterocycles. The molecule has 8 nitrogen and oxygen atoms in total. The van der Waals surface area contributed by atoms with Crippen molar-refractivity contribution in [2.24, 2.45) is 0 Å². The van der Waals surface area contributed by atoms with Gasteiger partial charge in [-0.2, -0.15) is 0 Å². The van der Waals surface area contributed by atoms with Crippen LogP contribution in [-0.2, 0) is 26.2 Å². The number of hydrogen-bond acceptors (Lipinski definition) is 5. The molecule has 224 valence electrons. The number of nitrogens with zero attached hydrogens (tertiary/aromatic N) is 2. The predicted octanol–water partition coefficient (Wildman–Crippen LogP) is 6.17. The van der Waals surface area contributed by atoms with E-state index in [2.05, 4.69) is 21.2 Å². The molecular weight excluding hydrogens is 642 g/mol. The molecule has 1 atom stereocenters. The van der Waals surface area contributed by atoms with Crippen molar-refractivity contribution in [2.45, 2.75) is 63.1 Å². The molecule has 0 radical (unpaired) electrons. The van der Waals surface area contributed by atoms with E-state index in [0.29, 0.717) is 23.1 Å². The fourth-order valence-corrected chi connectivity index (χ4v) is 6.84. The lowest BCUT2D eigenvalue weighted by Gasteiger charge is -2.32. The van der Waals surface area contributed by atoms with Crippen molar-refractivity contribution < 1.29 is 22.7 Å². The van der Waals surface area contributed by atoms with Gasteiger partial charge in [-0.1, -0.05) is 52.5 Å². The zero-order chi connectivity index (χ0) is 30.3. The van der Waals surface area contributed by atoms with Gasteiger partial charge in [0.25, 0.3) is 10.0 Å². The maximum absolute atomic E-state index is 14.1. The van der Waals surface area contributed by atoms with Gasteiger partial charge in [0.05, 0.1) is 17.2 Å². The largest absolute Gasteiger partial charge is 0.494 e. The molecule has 1 aliphatic carbocycles. The quantitative estimate of drug-likeness (QED) is 0.248. The summed E-state index contributed by atoms with van der Waals surface area (Å²) in [5.74, 6) is -0.229. The number of carbonyl (C=O) groups is 2. The molecule has 1 fully saturated rings. The summed E-state index contributed by atoms with van der Waals surface area (Å²) < 4.78 is 35.2. The number of halogens is 2. The monoisotopic (exact) mass is 675 g/mol. The Morgan fingerprint density at radius 2 is 1.71 bits per heavy atom. The number of sulfonamides is 1. The zero-order valence-electron chi connectivity index (χ0n) is 23.6. The molecule has 0 spiro atoms. The Bertz CT molecular complexity index is 1480. The Labute approximate surface area is 261 Å². The number of anilines is 1. The average Bonchev–Trinajstić information content (AvgIpc) is 3.48. The van der Waals surface area contributed by atoms with Crippen LogP contribution in [0.4, 0.5) is 5.69 Å². The lowest BCUT2D eigenvalue weighted by Crippen LogP contribution is -2.52. The van der Waals surface area contributed by atoms with E-state index in [1.165, 1.54) is 17.0 Å². The van der Waals surface area contributed by atoms with Gasteiger partial charge < -0.3 is 15.0 Å². The highest BCUT2D eigenvalue weighted by Gasteiger charge is 2.33. The van der Waals surface area contributed by atoms with Crippen LogP contribution in [0.25, 0.3) is 0 Å². The van der Waals surface area contributed by atoms with Gasteiger partial charge in [-0.3, -0.25) is 13.9 Å². The molecule has 1 N–H and O–H groups in total. The third kappa shape index (κ3) is 8.05. The van der Waals surface area contributed by atoms with Crippen LogP contribution < -0.4 is 14.4 Å². The summed E-state index contributed by atoms with van der Waals surface area (Å²) in [5.41, 5.74) is 1.01. The summed E-state index contributed by atoms with van der Waals surface area (Å²) in [6.07, 6.45) is 3.90. The molecule has 11 heteroatoms. The first-order chi connectivity index (χ1) is 20.1. The number of ether oxygens (including phenoxy) is 1. The molecule has 42 heavy (non-hydrogen) atoms. The van der Waals surface area contributed by atoms with Crippen LogP contribution in [0.2, 0.25) is 5.02 Å². The normalized spacial score (nSPS) is 14.3. The Kier molecular flexibility index (Phi) is 10.9. The van der Waals surface area contributed by atoms with Crippen LogP contribution >= 0.6 is 27.5 Å². The molecule has 1 saturated carbocycles. The Morgan fingerprint density at radius 3 is 2.33 bits per heavy atom. The van der Waals surface area contributed by atoms with Crippen LogP contribution in [0.15, 0.2) is 82.2 Å². The number of hydrogen-bond donors (Lipinski definition) is 1. The fraction of sp³-hybridized carbons (Fsp3) is 0.355. The first-order valence-corrected chi connectivity index (χ1v) is 16.5. The van der Waals surface area contributed by atoms with Gasteiger partial charge in [-0.25, -0.2) is 8.42 Å². The second-order valence-corrected chi connectivity index (χ2v) is 13.4. The number of rotatable bonds is 12. The van der Waals surface area contributed by atoms with E-state index in [1.807, 2.05) is 13.0 Å². The van der Waals surface area contributed by atoms with Gasteiger partial charge in [-0.15, -0.1) is 0 Å². The van der Waals surface area contributed by atoms with Crippen LogP contribution in [-0.4, -0.2) is 50.4 Å². The van der Waals surface area contributed by atoms with Crippen LogP contribution in [0.1, 0.15) is 45.1 Å². The molecule has 0 saturated heterocycles. The topological polar surface area (TPSA) is 96.0 Å². The van der Waals surface area contributed by atoms with Gasteiger partial charge in [0.2, 0.25) is 11.8 Å². The van der Waals surface area contributed by atoms with Crippen molar-refractivity contribution >= 4 is 55.1 Å². The summed E-state index contributed by atoms with van der Waals surface area (Å²) >= 11 is 9.56. The van der Waals surface area contributed by atoms with Crippen LogP contribution in [0.5, 0.6) is 5.75 Å². The van der Waals surface area contributed by atoms with E-state index in [1.54, 1.807) is 61.5 Å². The molecule has 0 bridgehead atoms. The summed E-state index contributed by atoms with van der Waals surface area (Å²) in [5, 5.41) is 3.56. The maximum Gasteiger partial charge on any atom is 0.264 e. The average molecular weight is 677 g/mol. The van der Waals surface area contributed by atoms with E-state index in [-0.39, 0.29) is 23.4 Å². The first-order valence-electron chi connectivity index (χ1n) is 13.9. The van der Waals surface area contributed by atoms with Crippen molar-refractivity contribution in [3.63, 3.8) is 0 Å². The van der Waals surface area contributed by atoms with Gasteiger partial charge in [0.15, 0.2) is 0 Å². The highest BCUT2D eigenvalue weighted by Crippen LogP contribution is 2.28. The fourth-order valence-electron chi connectivity index (χ4n) is 4.94. The second kappa shape index (κ2) is 14.4. The Morgan fingerprint density at radius 1 is 1.05 bits per heavy atom. The minimum atomic E-state index is -4.17. The summed E-state index contributed by atoms with van der Waals surface area (Å²) in [6, 6.07) is 19.0. The summed E-state index contributed by atoms with van der Waals surface area (Å²) in [7, 11) is -4.17. The first kappa shape index (κ1) is 31.8. The molecule has 3 aromatic carbocycles. The van der Waals surface area contributed by atoms with Crippen molar-refractivity contribution in [1.29, 1.82) is 0 Å². The number of nitrogens with one attached hydrogen (secondary N) is 1. The van der Waals surface area contributed by atoms with Crippen LogP contribution in [0.3, 0.4) is 0 Å². The minimum Gasteiger partial charge on any atom is -0.494 e. The molecule has 0 heterocycles. The second-order valence-electron chi connectivity index (χ2n) is 10.2. The van der Waals surface area contributed by atoms with E-state index in [0.717, 1.165) is 40.0 Å². The van der Waals surface area contributed by atoms with E-state index in [9.17, 15) is 18.0 Å². The van der Waals surface area contributed by atoms with Gasteiger partial charge >= 0.3 is 0 Å². The SMILES string of the molecule is CCOc1ccc(N(CC(=O)N(Cc2cccc(Cl)c2)[C@@H](C)C(=O)NC2CCCC2)S(=O)(=O)c2ccc(Br)cc2)cc1.